The molecule has 0 N–H and O–H groups in total. The smallest absolute Gasteiger partial charge is 0.270 e. The van der Waals surface area contributed by atoms with E-state index in [9.17, 15) is 14.9 Å². The van der Waals surface area contributed by atoms with Crippen LogP contribution in [0.3, 0.4) is 0 Å². The predicted octanol–water partition coefficient (Wildman–Crippen LogP) is 3.19. The first-order chi connectivity index (χ1) is 7.45. The molecule has 16 heavy (non-hydrogen) atoms. The summed E-state index contributed by atoms with van der Waals surface area (Å²) in [5.74, 6) is -0.228. The molecule has 86 valence electrons. The SMILES string of the molecule is CSc1cc(C(Cl)C(C)=O)cc([N+](=O)[O-])c1. The molecule has 1 unspecified atom stereocenters. The Morgan fingerprint density at radius 1 is 1.50 bits per heavy atom. The van der Waals surface area contributed by atoms with Gasteiger partial charge in [-0.25, -0.2) is 0 Å². The van der Waals surface area contributed by atoms with Crippen molar-refractivity contribution in [2.75, 3.05) is 6.26 Å². The molecule has 0 aliphatic heterocycles. The maximum atomic E-state index is 11.1. The highest BCUT2D eigenvalue weighted by molar-refractivity contribution is 7.98. The maximum Gasteiger partial charge on any atom is 0.270 e. The molecular formula is C10H10ClNO3S. The Balaban J connectivity index is 3.23. The molecule has 0 bridgehead atoms. The lowest BCUT2D eigenvalue weighted by Crippen LogP contribution is -2.02. The van der Waals surface area contributed by atoms with E-state index in [1.807, 2.05) is 0 Å². The Bertz CT molecular complexity index is 436. The lowest BCUT2D eigenvalue weighted by Gasteiger charge is -2.07. The summed E-state index contributed by atoms with van der Waals surface area (Å²) in [7, 11) is 0. The van der Waals surface area contributed by atoms with Gasteiger partial charge in [-0.3, -0.25) is 14.9 Å². The maximum absolute atomic E-state index is 11.1. The molecule has 0 fully saturated rings. The van der Waals surface area contributed by atoms with Gasteiger partial charge in [0.2, 0.25) is 0 Å². The van der Waals surface area contributed by atoms with Crippen LogP contribution >= 0.6 is 23.4 Å². The number of nitro groups is 1. The van der Waals surface area contributed by atoms with Crippen LogP contribution in [0, 0.1) is 10.1 Å². The minimum absolute atomic E-state index is 0.0475. The standard InChI is InChI=1S/C10H10ClNO3S/c1-6(13)10(11)7-3-8(12(14)15)5-9(4-7)16-2/h3-5,10H,1-2H3. The quantitative estimate of drug-likeness (QED) is 0.361. The second-order valence-corrected chi connectivity index (χ2v) is 4.51. The number of ketones is 1. The van der Waals surface area contributed by atoms with Crippen molar-refractivity contribution in [2.45, 2.75) is 17.2 Å². The summed E-state index contributed by atoms with van der Waals surface area (Å²) in [6.45, 7) is 1.36. The summed E-state index contributed by atoms with van der Waals surface area (Å²) in [6.07, 6.45) is 1.81. The number of hydrogen-bond acceptors (Lipinski definition) is 4. The molecule has 0 heterocycles. The largest absolute Gasteiger partial charge is 0.298 e. The average Bonchev–Trinajstić information content (AvgIpc) is 2.27. The van der Waals surface area contributed by atoms with Crippen LogP contribution in [0.25, 0.3) is 0 Å². The highest BCUT2D eigenvalue weighted by atomic mass is 35.5. The molecule has 0 aliphatic carbocycles. The number of Topliss-reactive ketones (excluding diaryl/α,β-unsaturated/α-hetero) is 1. The van der Waals surface area contributed by atoms with E-state index in [0.29, 0.717) is 5.56 Å². The van der Waals surface area contributed by atoms with E-state index in [2.05, 4.69) is 0 Å². The van der Waals surface area contributed by atoms with Crippen LogP contribution in [-0.2, 0) is 4.79 Å². The number of halogens is 1. The molecule has 0 saturated carbocycles. The van der Waals surface area contributed by atoms with Gasteiger partial charge in [0.25, 0.3) is 5.69 Å². The van der Waals surface area contributed by atoms with Gasteiger partial charge in [0.05, 0.1) is 4.92 Å². The van der Waals surface area contributed by atoms with E-state index in [4.69, 9.17) is 11.6 Å². The first-order valence-electron chi connectivity index (χ1n) is 4.43. The third kappa shape index (κ3) is 2.96. The zero-order valence-corrected chi connectivity index (χ0v) is 10.3. The number of benzene rings is 1. The molecule has 1 atom stereocenters. The van der Waals surface area contributed by atoms with Gasteiger partial charge in [0, 0.05) is 17.0 Å². The number of nitro benzene ring substituents is 1. The van der Waals surface area contributed by atoms with Crippen LogP contribution in [0.2, 0.25) is 0 Å². The molecule has 0 aliphatic rings. The van der Waals surface area contributed by atoms with Crippen LogP contribution in [-0.4, -0.2) is 17.0 Å². The number of nitrogens with zero attached hydrogens (tertiary/aromatic N) is 1. The average molecular weight is 260 g/mol. The minimum atomic E-state index is -0.828. The molecular weight excluding hydrogens is 250 g/mol. The molecule has 4 nitrogen and oxygen atoms in total. The van der Waals surface area contributed by atoms with E-state index in [-0.39, 0.29) is 11.5 Å². The summed E-state index contributed by atoms with van der Waals surface area (Å²) >= 11 is 7.23. The summed E-state index contributed by atoms with van der Waals surface area (Å²) in [5, 5.41) is 9.85. The number of rotatable bonds is 4. The lowest BCUT2D eigenvalue weighted by molar-refractivity contribution is -0.385. The number of hydrogen-bond donors (Lipinski definition) is 0. The third-order valence-electron chi connectivity index (χ3n) is 2.01. The zero-order valence-electron chi connectivity index (χ0n) is 8.77. The van der Waals surface area contributed by atoms with Gasteiger partial charge in [-0.2, -0.15) is 0 Å². The predicted molar refractivity (Wildman–Crippen MR) is 64.2 cm³/mol. The fraction of sp³-hybridized carbons (Fsp3) is 0.300. The minimum Gasteiger partial charge on any atom is -0.298 e. The monoisotopic (exact) mass is 259 g/mol. The molecule has 0 radical (unpaired) electrons. The summed E-state index contributed by atoms with van der Waals surface area (Å²) in [5.41, 5.74) is 0.418. The van der Waals surface area contributed by atoms with E-state index < -0.39 is 10.3 Å². The van der Waals surface area contributed by atoms with Crippen LogP contribution in [0.5, 0.6) is 0 Å². The fourth-order valence-electron chi connectivity index (χ4n) is 1.21. The second-order valence-electron chi connectivity index (χ2n) is 3.19. The molecule has 0 saturated heterocycles. The molecule has 1 aromatic carbocycles. The Labute approximate surface area is 102 Å². The van der Waals surface area contributed by atoms with Gasteiger partial charge in [-0.15, -0.1) is 23.4 Å². The number of thioether (sulfide) groups is 1. The van der Waals surface area contributed by atoms with E-state index in [0.717, 1.165) is 4.90 Å². The van der Waals surface area contributed by atoms with Crippen molar-refractivity contribution in [3.8, 4) is 0 Å². The number of alkyl halides is 1. The molecule has 0 amide bonds. The van der Waals surface area contributed by atoms with Crippen molar-refractivity contribution in [1.29, 1.82) is 0 Å². The summed E-state index contributed by atoms with van der Waals surface area (Å²) in [4.78, 5) is 22.0. The number of non-ortho nitro benzene ring substituents is 1. The van der Waals surface area contributed by atoms with E-state index >= 15 is 0 Å². The molecule has 0 spiro atoms. The van der Waals surface area contributed by atoms with Crippen molar-refractivity contribution in [3.63, 3.8) is 0 Å². The summed E-state index contributed by atoms with van der Waals surface area (Å²) in [6, 6.07) is 4.48. The molecule has 1 rings (SSSR count). The van der Waals surface area contributed by atoms with Crippen LogP contribution in [0.15, 0.2) is 23.1 Å². The van der Waals surface area contributed by atoms with Crippen molar-refractivity contribution >= 4 is 34.8 Å². The Kier molecular flexibility index (Phi) is 4.32. The van der Waals surface area contributed by atoms with Gasteiger partial charge in [0.15, 0.2) is 5.78 Å². The van der Waals surface area contributed by atoms with Crippen LogP contribution in [0.1, 0.15) is 17.9 Å². The number of carbonyl (C=O) groups excluding carboxylic acids is 1. The first kappa shape index (κ1) is 13.0. The summed E-state index contributed by atoms with van der Waals surface area (Å²) < 4.78 is 0. The van der Waals surface area contributed by atoms with Gasteiger partial charge < -0.3 is 0 Å². The second kappa shape index (κ2) is 5.32. The van der Waals surface area contributed by atoms with E-state index in [1.54, 1.807) is 12.3 Å². The van der Waals surface area contributed by atoms with Crippen LogP contribution in [0.4, 0.5) is 5.69 Å². The fourth-order valence-corrected chi connectivity index (χ4v) is 1.83. The highest BCUT2D eigenvalue weighted by Crippen LogP contribution is 2.30. The van der Waals surface area contributed by atoms with Crippen molar-refractivity contribution in [1.82, 2.24) is 0 Å². The molecule has 6 heteroatoms. The Hall–Kier alpha value is -1.07. The van der Waals surface area contributed by atoms with Gasteiger partial charge in [-0.05, 0) is 24.8 Å². The lowest BCUT2D eigenvalue weighted by atomic mass is 10.1. The molecule has 0 aromatic heterocycles. The zero-order chi connectivity index (χ0) is 12.3. The normalized spacial score (nSPS) is 12.2. The van der Waals surface area contributed by atoms with Gasteiger partial charge in [0.1, 0.15) is 5.38 Å². The molecule has 1 aromatic rings. The number of carbonyl (C=O) groups is 1. The Morgan fingerprint density at radius 2 is 2.12 bits per heavy atom. The third-order valence-corrected chi connectivity index (χ3v) is 3.28. The van der Waals surface area contributed by atoms with Gasteiger partial charge >= 0.3 is 0 Å². The van der Waals surface area contributed by atoms with Crippen molar-refractivity contribution in [3.05, 3.63) is 33.9 Å². The Morgan fingerprint density at radius 3 is 2.56 bits per heavy atom. The van der Waals surface area contributed by atoms with Gasteiger partial charge in [-0.1, -0.05) is 0 Å². The highest BCUT2D eigenvalue weighted by Gasteiger charge is 2.18. The topological polar surface area (TPSA) is 60.2 Å². The van der Waals surface area contributed by atoms with E-state index in [1.165, 1.54) is 30.8 Å². The van der Waals surface area contributed by atoms with Crippen molar-refractivity contribution < 1.29 is 9.72 Å². The first-order valence-corrected chi connectivity index (χ1v) is 6.09. The van der Waals surface area contributed by atoms with Crippen LogP contribution < -0.4 is 0 Å². The van der Waals surface area contributed by atoms with Crippen molar-refractivity contribution in [2.24, 2.45) is 0 Å².